The minimum absolute atomic E-state index is 0.348. The number of nitrogens with one attached hydrogen (secondary N) is 2. The second-order valence-electron chi connectivity index (χ2n) is 8.00. The third kappa shape index (κ3) is 3.08. The lowest BCUT2D eigenvalue weighted by Crippen LogP contribution is -2.42. The summed E-state index contributed by atoms with van der Waals surface area (Å²) in [6.07, 6.45) is 3.14. The summed E-state index contributed by atoms with van der Waals surface area (Å²) in [6.45, 7) is 4.98. The van der Waals surface area contributed by atoms with E-state index < -0.39 is 23.4 Å². The summed E-state index contributed by atoms with van der Waals surface area (Å²) < 4.78 is 1.67. The van der Waals surface area contributed by atoms with Crippen molar-refractivity contribution >= 4 is 23.5 Å². The Balaban J connectivity index is 1.53. The largest absolute Gasteiger partial charge is 0.325 e. The lowest BCUT2D eigenvalue weighted by molar-refractivity contribution is -0.133. The number of hydrogen-bond donors (Lipinski definition) is 2. The van der Waals surface area contributed by atoms with Gasteiger partial charge in [-0.2, -0.15) is 5.10 Å². The van der Waals surface area contributed by atoms with Crippen molar-refractivity contribution in [3.05, 3.63) is 46.3 Å². The maximum Gasteiger partial charge on any atom is 0.325 e. The zero-order valence-electron chi connectivity index (χ0n) is 17.1. The van der Waals surface area contributed by atoms with E-state index in [2.05, 4.69) is 15.7 Å². The number of rotatable bonds is 4. The normalized spacial score (nSPS) is 20.8. The van der Waals surface area contributed by atoms with Crippen LogP contribution in [0.5, 0.6) is 0 Å². The number of aromatic nitrogens is 2. The van der Waals surface area contributed by atoms with Crippen molar-refractivity contribution in [1.82, 2.24) is 20.0 Å². The van der Waals surface area contributed by atoms with Crippen molar-refractivity contribution in [2.24, 2.45) is 7.05 Å². The monoisotopic (exact) mass is 395 g/mol. The highest BCUT2D eigenvalue weighted by atomic mass is 16.2. The summed E-state index contributed by atoms with van der Waals surface area (Å²) in [6, 6.07) is 5.37. The van der Waals surface area contributed by atoms with E-state index in [9.17, 15) is 14.4 Å². The average Bonchev–Trinajstić information content (AvgIpc) is 3.30. The molecule has 4 amide bonds. The fourth-order valence-electron chi connectivity index (χ4n) is 4.20. The van der Waals surface area contributed by atoms with E-state index in [0.717, 1.165) is 35.4 Å². The SMILES string of the molecule is Cc1nn(C)c(C)c1NC(=O)CN1C(=O)N[C@@](C)(c2ccc3c(c2)CCC3)C1=O. The first kappa shape index (κ1) is 19.2. The Hall–Kier alpha value is -3.16. The van der Waals surface area contributed by atoms with Crippen LogP contribution in [-0.2, 0) is 35.0 Å². The van der Waals surface area contributed by atoms with Crippen molar-refractivity contribution in [2.75, 3.05) is 11.9 Å². The number of benzene rings is 1. The topological polar surface area (TPSA) is 96.3 Å². The van der Waals surface area contributed by atoms with Crippen LogP contribution in [-0.4, -0.2) is 39.1 Å². The molecule has 0 radical (unpaired) electrons. The number of imide groups is 1. The predicted octanol–water partition coefficient (Wildman–Crippen LogP) is 1.93. The molecule has 29 heavy (non-hydrogen) atoms. The molecule has 2 aromatic rings. The fourth-order valence-corrected chi connectivity index (χ4v) is 4.20. The first-order chi connectivity index (χ1) is 13.7. The van der Waals surface area contributed by atoms with Gasteiger partial charge in [-0.1, -0.05) is 18.2 Å². The lowest BCUT2D eigenvalue weighted by Gasteiger charge is -2.23. The Labute approximate surface area is 169 Å². The molecule has 0 bridgehead atoms. The number of nitrogens with zero attached hydrogens (tertiary/aromatic N) is 3. The summed E-state index contributed by atoms with van der Waals surface area (Å²) in [5, 5.41) is 9.81. The molecule has 152 valence electrons. The van der Waals surface area contributed by atoms with Gasteiger partial charge in [0.25, 0.3) is 5.91 Å². The zero-order valence-corrected chi connectivity index (χ0v) is 17.1. The van der Waals surface area contributed by atoms with Crippen LogP contribution in [0.3, 0.4) is 0 Å². The van der Waals surface area contributed by atoms with Gasteiger partial charge in [0.2, 0.25) is 5.91 Å². The van der Waals surface area contributed by atoms with Gasteiger partial charge in [0.15, 0.2) is 0 Å². The molecule has 1 fully saturated rings. The number of carbonyl (C=O) groups is 3. The van der Waals surface area contributed by atoms with Crippen molar-refractivity contribution in [3.63, 3.8) is 0 Å². The van der Waals surface area contributed by atoms with Crippen LogP contribution in [0.2, 0.25) is 0 Å². The summed E-state index contributed by atoms with van der Waals surface area (Å²) in [5.74, 6) is -0.860. The Kier molecular flexibility index (Phi) is 4.44. The van der Waals surface area contributed by atoms with E-state index in [1.165, 1.54) is 11.1 Å². The van der Waals surface area contributed by atoms with Crippen LogP contribution in [0.4, 0.5) is 10.5 Å². The second-order valence-corrected chi connectivity index (χ2v) is 8.00. The predicted molar refractivity (Wildman–Crippen MR) is 107 cm³/mol. The maximum absolute atomic E-state index is 13.1. The van der Waals surface area contributed by atoms with Crippen molar-refractivity contribution < 1.29 is 14.4 Å². The molecule has 1 aliphatic heterocycles. The smallest absolute Gasteiger partial charge is 0.321 e. The van der Waals surface area contributed by atoms with Crippen molar-refractivity contribution in [3.8, 4) is 0 Å². The van der Waals surface area contributed by atoms with E-state index in [1.54, 1.807) is 25.6 Å². The highest BCUT2D eigenvalue weighted by Gasteiger charge is 2.49. The minimum atomic E-state index is -1.17. The Morgan fingerprint density at radius 3 is 2.66 bits per heavy atom. The third-order valence-electron chi connectivity index (χ3n) is 6.03. The molecule has 1 atom stereocenters. The Bertz CT molecular complexity index is 1040. The van der Waals surface area contributed by atoms with Crippen LogP contribution in [0.15, 0.2) is 18.2 Å². The number of urea groups is 1. The van der Waals surface area contributed by atoms with E-state index in [1.807, 2.05) is 25.1 Å². The second kappa shape index (κ2) is 6.72. The van der Waals surface area contributed by atoms with E-state index in [-0.39, 0.29) is 6.54 Å². The van der Waals surface area contributed by atoms with E-state index in [4.69, 9.17) is 0 Å². The molecule has 4 rings (SSSR count). The summed E-state index contributed by atoms with van der Waals surface area (Å²) >= 11 is 0. The first-order valence-electron chi connectivity index (χ1n) is 9.77. The van der Waals surface area contributed by atoms with Gasteiger partial charge < -0.3 is 10.6 Å². The van der Waals surface area contributed by atoms with Crippen LogP contribution < -0.4 is 10.6 Å². The van der Waals surface area contributed by atoms with Crippen LogP contribution >= 0.6 is 0 Å². The summed E-state index contributed by atoms with van der Waals surface area (Å²) in [7, 11) is 1.79. The zero-order chi connectivity index (χ0) is 20.9. The van der Waals surface area contributed by atoms with Crippen LogP contribution in [0.1, 0.15) is 41.4 Å². The minimum Gasteiger partial charge on any atom is -0.321 e. The molecular formula is C21H25N5O3. The Morgan fingerprint density at radius 2 is 1.97 bits per heavy atom. The molecule has 0 spiro atoms. The molecule has 8 nitrogen and oxygen atoms in total. The Morgan fingerprint density at radius 1 is 1.24 bits per heavy atom. The molecule has 0 unspecified atom stereocenters. The lowest BCUT2D eigenvalue weighted by atomic mass is 9.89. The van der Waals surface area contributed by atoms with Gasteiger partial charge in [-0.05, 0) is 56.7 Å². The molecule has 1 aromatic heterocycles. The molecule has 2 aliphatic rings. The molecule has 1 aromatic carbocycles. The third-order valence-corrected chi connectivity index (χ3v) is 6.03. The average molecular weight is 395 g/mol. The number of aryl methyl sites for hydroxylation is 4. The molecular weight excluding hydrogens is 370 g/mol. The highest BCUT2D eigenvalue weighted by Crippen LogP contribution is 2.32. The fraction of sp³-hybridized carbons (Fsp3) is 0.429. The van der Waals surface area contributed by atoms with Crippen LogP contribution in [0.25, 0.3) is 0 Å². The first-order valence-corrected chi connectivity index (χ1v) is 9.77. The van der Waals surface area contributed by atoms with Crippen molar-refractivity contribution in [1.29, 1.82) is 0 Å². The highest BCUT2D eigenvalue weighted by molar-refractivity contribution is 6.10. The number of carbonyl (C=O) groups excluding carboxylic acids is 3. The number of fused-ring (bicyclic) bond motifs is 1. The molecule has 8 heteroatoms. The van der Waals surface area contributed by atoms with Crippen LogP contribution in [0, 0.1) is 13.8 Å². The summed E-state index contributed by atoms with van der Waals surface area (Å²) in [5.41, 5.74) is 4.19. The molecule has 1 aliphatic carbocycles. The van der Waals surface area contributed by atoms with Gasteiger partial charge in [-0.3, -0.25) is 19.2 Å². The quantitative estimate of drug-likeness (QED) is 0.773. The van der Waals surface area contributed by atoms with Gasteiger partial charge in [-0.25, -0.2) is 4.79 Å². The van der Waals surface area contributed by atoms with Gasteiger partial charge in [0.1, 0.15) is 12.1 Å². The van der Waals surface area contributed by atoms with Gasteiger partial charge in [0.05, 0.1) is 17.1 Å². The molecule has 0 saturated carbocycles. The van der Waals surface area contributed by atoms with Crippen molar-refractivity contribution in [2.45, 2.75) is 45.6 Å². The van der Waals surface area contributed by atoms with Gasteiger partial charge in [-0.15, -0.1) is 0 Å². The molecule has 2 heterocycles. The standard InChI is InChI=1S/C21H25N5O3/c1-12-18(13(2)25(4)24-12)22-17(27)11-26-19(28)21(3,23-20(26)29)16-9-8-14-6-5-7-15(14)10-16/h8-10H,5-7,11H2,1-4H3,(H,22,27)(H,23,29)/t21-/m0/s1. The maximum atomic E-state index is 13.1. The van der Waals surface area contributed by atoms with Gasteiger partial charge in [0, 0.05) is 7.05 Å². The molecule has 2 N–H and O–H groups in total. The molecule has 1 saturated heterocycles. The van der Waals surface area contributed by atoms with E-state index in [0.29, 0.717) is 11.4 Å². The summed E-state index contributed by atoms with van der Waals surface area (Å²) in [4.78, 5) is 39.2. The number of amides is 4. The number of anilines is 1. The number of hydrogen-bond acceptors (Lipinski definition) is 4. The van der Waals surface area contributed by atoms with E-state index >= 15 is 0 Å². The van der Waals surface area contributed by atoms with Gasteiger partial charge >= 0.3 is 6.03 Å².